The molecule has 0 unspecified atom stereocenters. The summed E-state index contributed by atoms with van der Waals surface area (Å²) in [6, 6.07) is 4.79. The Morgan fingerprint density at radius 2 is 2.04 bits per heavy atom. The van der Waals surface area contributed by atoms with Crippen LogP contribution in [0, 0.1) is 0 Å². The third-order valence-electron chi connectivity index (χ3n) is 4.16. The molecular weight excluding hydrogens is 349 g/mol. The molecule has 2 aromatic rings. The van der Waals surface area contributed by atoms with Crippen LogP contribution in [0.5, 0.6) is 0 Å². The molecule has 1 aliphatic rings. The number of carbonyl (C=O) groups is 1. The third kappa shape index (κ3) is 4.74. The van der Waals surface area contributed by atoms with Gasteiger partial charge < -0.3 is 14.2 Å². The number of halogens is 3. The van der Waals surface area contributed by atoms with Crippen LogP contribution >= 0.6 is 0 Å². The normalized spacial score (nSPS) is 15.8. The summed E-state index contributed by atoms with van der Waals surface area (Å²) in [5.41, 5.74) is 0.361. The summed E-state index contributed by atoms with van der Waals surface area (Å²) in [4.78, 5) is 24.4. The SMILES string of the molecule is O=C(c1ccco1)N1CCCN(c2nccc(CCC(F)(F)F)n2)CC1. The second-order valence-electron chi connectivity index (χ2n) is 6.07. The van der Waals surface area contributed by atoms with Gasteiger partial charge in [0.25, 0.3) is 5.91 Å². The first-order chi connectivity index (χ1) is 12.4. The monoisotopic (exact) mass is 368 g/mol. The molecule has 1 saturated heterocycles. The average molecular weight is 368 g/mol. The van der Waals surface area contributed by atoms with Crippen LogP contribution in [0.1, 0.15) is 29.1 Å². The second-order valence-corrected chi connectivity index (χ2v) is 6.07. The van der Waals surface area contributed by atoms with E-state index in [1.54, 1.807) is 17.0 Å². The number of rotatable bonds is 4. The number of anilines is 1. The van der Waals surface area contributed by atoms with Gasteiger partial charge in [0, 0.05) is 44.5 Å². The highest BCUT2D eigenvalue weighted by atomic mass is 19.4. The van der Waals surface area contributed by atoms with Crippen LogP contribution in [0.3, 0.4) is 0 Å². The van der Waals surface area contributed by atoms with Crippen molar-refractivity contribution >= 4 is 11.9 Å². The van der Waals surface area contributed by atoms with E-state index in [9.17, 15) is 18.0 Å². The topological polar surface area (TPSA) is 62.5 Å². The summed E-state index contributed by atoms with van der Waals surface area (Å²) < 4.78 is 42.3. The van der Waals surface area contributed by atoms with E-state index in [0.717, 1.165) is 0 Å². The Morgan fingerprint density at radius 3 is 2.77 bits per heavy atom. The number of furan rings is 1. The van der Waals surface area contributed by atoms with E-state index in [-0.39, 0.29) is 12.3 Å². The fourth-order valence-electron chi connectivity index (χ4n) is 2.82. The third-order valence-corrected chi connectivity index (χ3v) is 4.16. The van der Waals surface area contributed by atoms with Crippen molar-refractivity contribution in [2.45, 2.75) is 25.4 Å². The molecule has 9 heteroatoms. The first-order valence-electron chi connectivity index (χ1n) is 8.39. The number of amides is 1. The van der Waals surface area contributed by atoms with Gasteiger partial charge in [0.05, 0.1) is 6.26 Å². The summed E-state index contributed by atoms with van der Waals surface area (Å²) in [5, 5.41) is 0. The minimum atomic E-state index is -4.21. The van der Waals surface area contributed by atoms with Crippen molar-refractivity contribution in [3.05, 3.63) is 42.1 Å². The maximum absolute atomic E-state index is 12.4. The summed E-state index contributed by atoms with van der Waals surface area (Å²) in [6.07, 6.45) is -1.64. The van der Waals surface area contributed by atoms with E-state index in [1.807, 2.05) is 4.90 Å². The van der Waals surface area contributed by atoms with Gasteiger partial charge in [-0.25, -0.2) is 9.97 Å². The van der Waals surface area contributed by atoms with Crippen molar-refractivity contribution in [1.29, 1.82) is 0 Å². The van der Waals surface area contributed by atoms with Crippen LogP contribution in [0.4, 0.5) is 19.1 Å². The maximum Gasteiger partial charge on any atom is 0.389 e. The first kappa shape index (κ1) is 18.2. The van der Waals surface area contributed by atoms with Crippen LogP contribution in [-0.4, -0.2) is 53.1 Å². The van der Waals surface area contributed by atoms with Crippen LogP contribution in [0.15, 0.2) is 35.1 Å². The van der Waals surface area contributed by atoms with Gasteiger partial charge in [0.15, 0.2) is 5.76 Å². The van der Waals surface area contributed by atoms with Crippen molar-refractivity contribution in [3.8, 4) is 0 Å². The van der Waals surface area contributed by atoms with E-state index in [2.05, 4.69) is 9.97 Å². The molecule has 26 heavy (non-hydrogen) atoms. The van der Waals surface area contributed by atoms with E-state index in [0.29, 0.717) is 50.0 Å². The number of nitrogens with zero attached hydrogens (tertiary/aromatic N) is 4. The predicted molar refractivity (Wildman–Crippen MR) is 87.8 cm³/mol. The Hall–Kier alpha value is -2.58. The lowest BCUT2D eigenvalue weighted by molar-refractivity contribution is -0.134. The van der Waals surface area contributed by atoms with Gasteiger partial charge in [-0.05, 0) is 31.0 Å². The zero-order valence-corrected chi connectivity index (χ0v) is 14.1. The lowest BCUT2D eigenvalue weighted by Gasteiger charge is -2.21. The van der Waals surface area contributed by atoms with Crippen molar-refractivity contribution in [2.24, 2.45) is 0 Å². The molecule has 1 amide bonds. The molecule has 0 aliphatic carbocycles. The molecule has 3 heterocycles. The number of aromatic nitrogens is 2. The predicted octanol–water partition coefficient (Wildman–Crippen LogP) is 2.92. The number of alkyl halides is 3. The molecule has 140 valence electrons. The molecule has 2 aromatic heterocycles. The Morgan fingerprint density at radius 1 is 1.19 bits per heavy atom. The fraction of sp³-hybridized carbons (Fsp3) is 0.471. The van der Waals surface area contributed by atoms with E-state index in [4.69, 9.17) is 4.42 Å². The van der Waals surface area contributed by atoms with Gasteiger partial charge in [-0.2, -0.15) is 13.2 Å². The van der Waals surface area contributed by atoms with E-state index < -0.39 is 12.6 Å². The van der Waals surface area contributed by atoms with Crippen LogP contribution in [-0.2, 0) is 6.42 Å². The van der Waals surface area contributed by atoms with E-state index >= 15 is 0 Å². The van der Waals surface area contributed by atoms with Crippen molar-refractivity contribution in [2.75, 3.05) is 31.1 Å². The van der Waals surface area contributed by atoms with Gasteiger partial charge in [-0.15, -0.1) is 0 Å². The molecule has 0 atom stereocenters. The highest BCUT2D eigenvalue weighted by molar-refractivity contribution is 5.91. The second kappa shape index (κ2) is 7.76. The molecule has 0 saturated carbocycles. The highest BCUT2D eigenvalue weighted by Gasteiger charge is 2.27. The molecular formula is C17H19F3N4O2. The Kier molecular flexibility index (Phi) is 5.43. The molecule has 0 radical (unpaired) electrons. The van der Waals surface area contributed by atoms with Crippen LogP contribution in [0.2, 0.25) is 0 Å². The Bertz CT molecular complexity index is 734. The number of aryl methyl sites for hydroxylation is 1. The van der Waals surface area contributed by atoms with Gasteiger partial charge in [0.1, 0.15) is 0 Å². The quantitative estimate of drug-likeness (QED) is 0.830. The molecule has 0 aromatic carbocycles. The van der Waals surface area contributed by atoms with Gasteiger partial charge in [0.2, 0.25) is 5.95 Å². The van der Waals surface area contributed by atoms with Crippen molar-refractivity contribution < 1.29 is 22.4 Å². The first-order valence-corrected chi connectivity index (χ1v) is 8.39. The molecule has 1 fully saturated rings. The molecule has 6 nitrogen and oxygen atoms in total. The smallest absolute Gasteiger partial charge is 0.389 e. The molecule has 0 spiro atoms. The number of carbonyl (C=O) groups excluding carboxylic acids is 1. The molecule has 3 rings (SSSR count). The van der Waals surface area contributed by atoms with E-state index in [1.165, 1.54) is 18.5 Å². The fourth-order valence-corrected chi connectivity index (χ4v) is 2.82. The van der Waals surface area contributed by atoms with Crippen molar-refractivity contribution in [3.63, 3.8) is 0 Å². The van der Waals surface area contributed by atoms with Crippen molar-refractivity contribution in [1.82, 2.24) is 14.9 Å². The van der Waals surface area contributed by atoms with Gasteiger partial charge in [-0.1, -0.05) is 0 Å². The summed E-state index contributed by atoms with van der Waals surface area (Å²) in [7, 11) is 0. The number of hydrogen-bond acceptors (Lipinski definition) is 5. The summed E-state index contributed by atoms with van der Waals surface area (Å²) in [5.74, 6) is 0.525. The lowest BCUT2D eigenvalue weighted by Crippen LogP contribution is -2.35. The molecule has 0 N–H and O–H groups in total. The minimum absolute atomic E-state index is 0.170. The maximum atomic E-state index is 12.4. The average Bonchev–Trinajstić information content (AvgIpc) is 3.03. The number of hydrogen-bond donors (Lipinski definition) is 0. The standard InChI is InChI=1S/C17H19F3N4O2/c18-17(19,20)6-4-13-5-7-21-16(22-13)24-9-2-8-23(10-11-24)15(25)14-3-1-12-26-14/h1,3,5,7,12H,2,4,6,8-11H2. The van der Waals surface area contributed by atoms with Gasteiger partial charge in [-0.3, -0.25) is 4.79 Å². The largest absolute Gasteiger partial charge is 0.459 e. The van der Waals surface area contributed by atoms with Crippen LogP contribution in [0.25, 0.3) is 0 Å². The van der Waals surface area contributed by atoms with Crippen LogP contribution < -0.4 is 4.90 Å². The minimum Gasteiger partial charge on any atom is -0.459 e. The zero-order valence-electron chi connectivity index (χ0n) is 14.1. The summed E-state index contributed by atoms with van der Waals surface area (Å²) >= 11 is 0. The summed E-state index contributed by atoms with van der Waals surface area (Å²) in [6.45, 7) is 2.18. The van der Waals surface area contributed by atoms with Gasteiger partial charge >= 0.3 is 6.18 Å². The molecule has 0 bridgehead atoms. The Labute approximate surface area is 148 Å². The zero-order chi connectivity index (χ0) is 18.6. The highest BCUT2D eigenvalue weighted by Crippen LogP contribution is 2.22. The molecule has 1 aliphatic heterocycles. The lowest BCUT2D eigenvalue weighted by atomic mass is 10.2. The Balaban J connectivity index is 1.63.